The Hall–Kier alpha value is -3.09. The lowest BCUT2D eigenvalue weighted by atomic mass is 9.93. The van der Waals surface area contributed by atoms with Crippen molar-refractivity contribution in [1.29, 1.82) is 0 Å². The molecule has 4 rings (SSSR count). The third-order valence-electron chi connectivity index (χ3n) is 6.66. The average Bonchev–Trinajstić information content (AvgIpc) is 3.63. The highest BCUT2D eigenvalue weighted by Gasteiger charge is 2.44. The fourth-order valence-corrected chi connectivity index (χ4v) is 4.38. The number of carbonyl (C=O) groups excluding carboxylic acids is 2. The predicted molar refractivity (Wildman–Crippen MR) is 118 cm³/mol. The summed E-state index contributed by atoms with van der Waals surface area (Å²) in [7, 11) is 3.10. The van der Waals surface area contributed by atoms with Gasteiger partial charge in [0.2, 0.25) is 5.91 Å². The standard InChI is InChI=1S/C25H29FN2O4/c1-31-21-13-18(14-22(15-21)32-2)24(30)28-11-7-17(8-12-28)23(29)27-16-25(9-10-25)19-3-5-20(26)6-4-19/h3-6,13-15,17H,7-12,16H2,1-2H3,(H,27,29). The van der Waals surface area contributed by atoms with Crippen molar-refractivity contribution in [1.82, 2.24) is 10.2 Å². The van der Waals surface area contributed by atoms with Gasteiger partial charge in [0.25, 0.3) is 5.91 Å². The van der Waals surface area contributed by atoms with E-state index in [0.29, 0.717) is 49.5 Å². The molecular formula is C25H29FN2O4. The lowest BCUT2D eigenvalue weighted by Crippen LogP contribution is -2.44. The van der Waals surface area contributed by atoms with Crippen LogP contribution in [-0.4, -0.2) is 50.6 Å². The monoisotopic (exact) mass is 440 g/mol. The number of nitrogens with one attached hydrogen (secondary N) is 1. The average molecular weight is 441 g/mol. The van der Waals surface area contributed by atoms with E-state index >= 15 is 0 Å². The fourth-order valence-electron chi connectivity index (χ4n) is 4.38. The van der Waals surface area contributed by atoms with E-state index in [9.17, 15) is 14.0 Å². The maximum Gasteiger partial charge on any atom is 0.254 e. The molecule has 6 nitrogen and oxygen atoms in total. The molecule has 170 valence electrons. The fraction of sp³-hybridized carbons (Fsp3) is 0.440. The van der Waals surface area contributed by atoms with Gasteiger partial charge in [0, 0.05) is 42.6 Å². The Morgan fingerprint density at radius 3 is 2.16 bits per heavy atom. The van der Waals surface area contributed by atoms with Crippen LogP contribution in [0.4, 0.5) is 4.39 Å². The van der Waals surface area contributed by atoms with E-state index in [0.717, 1.165) is 18.4 Å². The van der Waals surface area contributed by atoms with E-state index in [2.05, 4.69) is 5.32 Å². The van der Waals surface area contributed by atoms with Gasteiger partial charge in [-0.3, -0.25) is 9.59 Å². The van der Waals surface area contributed by atoms with Crippen molar-refractivity contribution < 1.29 is 23.5 Å². The van der Waals surface area contributed by atoms with E-state index in [-0.39, 0.29) is 29.0 Å². The van der Waals surface area contributed by atoms with Crippen LogP contribution in [0.2, 0.25) is 0 Å². The van der Waals surface area contributed by atoms with Gasteiger partial charge in [-0.25, -0.2) is 4.39 Å². The first-order valence-electron chi connectivity index (χ1n) is 11.0. The van der Waals surface area contributed by atoms with Crippen LogP contribution in [0, 0.1) is 11.7 Å². The zero-order valence-corrected chi connectivity index (χ0v) is 18.5. The Balaban J connectivity index is 1.30. The van der Waals surface area contributed by atoms with Gasteiger partial charge in [-0.1, -0.05) is 12.1 Å². The molecule has 2 amide bonds. The van der Waals surface area contributed by atoms with Gasteiger partial charge >= 0.3 is 0 Å². The molecule has 0 aromatic heterocycles. The number of ether oxygens (including phenoxy) is 2. The van der Waals surface area contributed by atoms with Crippen LogP contribution >= 0.6 is 0 Å². The third kappa shape index (κ3) is 4.71. The van der Waals surface area contributed by atoms with Crippen LogP contribution in [0.1, 0.15) is 41.6 Å². The van der Waals surface area contributed by atoms with E-state index < -0.39 is 0 Å². The van der Waals surface area contributed by atoms with Gasteiger partial charge in [-0.05, 0) is 55.5 Å². The van der Waals surface area contributed by atoms with Crippen LogP contribution in [0.5, 0.6) is 11.5 Å². The number of benzene rings is 2. The Kier molecular flexibility index (Phi) is 6.35. The van der Waals surface area contributed by atoms with Crippen LogP contribution in [0.25, 0.3) is 0 Å². The zero-order valence-electron chi connectivity index (χ0n) is 18.5. The number of rotatable bonds is 7. The van der Waals surface area contributed by atoms with Crippen molar-refractivity contribution in [3.05, 3.63) is 59.4 Å². The van der Waals surface area contributed by atoms with Gasteiger partial charge in [-0.15, -0.1) is 0 Å². The predicted octanol–water partition coefficient (Wildman–Crippen LogP) is 3.54. The molecule has 2 aromatic rings. The van der Waals surface area contributed by atoms with Crippen molar-refractivity contribution in [2.45, 2.75) is 31.1 Å². The van der Waals surface area contributed by atoms with Crippen LogP contribution in [0.15, 0.2) is 42.5 Å². The van der Waals surface area contributed by atoms with Gasteiger partial charge in [0.15, 0.2) is 0 Å². The van der Waals surface area contributed by atoms with Crippen molar-refractivity contribution in [2.75, 3.05) is 33.9 Å². The number of amides is 2. The number of methoxy groups -OCH3 is 2. The Morgan fingerprint density at radius 2 is 1.62 bits per heavy atom. The van der Waals surface area contributed by atoms with Gasteiger partial charge < -0.3 is 19.7 Å². The minimum absolute atomic E-state index is 0.0357. The number of hydrogen-bond donors (Lipinski definition) is 1. The van der Waals surface area contributed by atoms with Crippen molar-refractivity contribution in [3.63, 3.8) is 0 Å². The molecule has 32 heavy (non-hydrogen) atoms. The first-order valence-corrected chi connectivity index (χ1v) is 11.0. The number of carbonyl (C=O) groups is 2. The second-order valence-corrected chi connectivity index (χ2v) is 8.67. The van der Waals surface area contributed by atoms with E-state index in [1.54, 1.807) is 37.3 Å². The maximum absolute atomic E-state index is 13.2. The van der Waals surface area contributed by atoms with E-state index in [1.807, 2.05) is 12.1 Å². The SMILES string of the molecule is COc1cc(OC)cc(C(=O)N2CCC(C(=O)NCC3(c4ccc(F)cc4)CC3)CC2)c1. The summed E-state index contributed by atoms with van der Waals surface area (Å²) in [6.07, 6.45) is 3.25. The Labute approximate surface area is 187 Å². The summed E-state index contributed by atoms with van der Waals surface area (Å²) in [5.74, 6) is 0.724. The molecular weight excluding hydrogens is 411 g/mol. The first kappa shape index (κ1) is 22.1. The molecule has 1 saturated carbocycles. The largest absolute Gasteiger partial charge is 0.497 e. The minimum Gasteiger partial charge on any atom is -0.497 e. The summed E-state index contributed by atoms with van der Waals surface area (Å²) in [6.45, 7) is 1.62. The second-order valence-electron chi connectivity index (χ2n) is 8.67. The van der Waals surface area contributed by atoms with Gasteiger partial charge in [-0.2, -0.15) is 0 Å². The number of halogens is 1. The number of likely N-dealkylation sites (tertiary alicyclic amines) is 1. The molecule has 0 unspecified atom stereocenters. The summed E-state index contributed by atoms with van der Waals surface area (Å²) >= 11 is 0. The molecule has 0 atom stereocenters. The molecule has 0 radical (unpaired) electrons. The molecule has 1 heterocycles. The molecule has 2 fully saturated rings. The molecule has 1 aliphatic carbocycles. The Bertz CT molecular complexity index is 958. The first-order chi connectivity index (χ1) is 15.4. The highest BCUT2D eigenvalue weighted by Crippen LogP contribution is 2.47. The molecule has 0 spiro atoms. The summed E-state index contributed by atoms with van der Waals surface area (Å²) in [5, 5.41) is 3.10. The summed E-state index contributed by atoms with van der Waals surface area (Å²) < 4.78 is 23.7. The molecule has 2 aliphatic rings. The summed E-state index contributed by atoms with van der Waals surface area (Å²) in [5.41, 5.74) is 1.53. The highest BCUT2D eigenvalue weighted by molar-refractivity contribution is 5.95. The second kappa shape index (κ2) is 9.18. The lowest BCUT2D eigenvalue weighted by molar-refractivity contribution is -0.126. The molecule has 0 bridgehead atoms. The number of hydrogen-bond acceptors (Lipinski definition) is 4. The topological polar surface area (TPSA) is 67.9 Å². The zero-order chi connectivity index (χ0) is 22.7. The molecule has 1 aliphatic heterocycles. The van der Waals surface area contributed by atoms with Crippen molar-refractivity contribution in [3.8, 4) is 11.5 Å². The van der Waals surface area contributed by atoms with Crippen molar-refractivity contribution >= 4 is 11.8 Å². The molecule has 7 heteroatoms. The van der Waals surface area contributed by atoms with Gasteiger partial charge in [0.1, 0.15) is 17.3 Å². The highest BCUT2D eigenvalue weighted by atomic mass is 19.1. The van der Waals surface area contributed by atoms with Crippen LogP contribution < -0.4 is 14.8 Å². The molecule has 2 aromatic carbocycles. The van der Waals surface area contributed by atoms with Crippen molar-refractivity contribution in [2.24, 2.45) is 5.92 Å². The summed E-state index contributed by atoms with van der Waals surface area (Å²) in [4.78, 5) is 27.5. The molecule has 1 saturated heterocycles. The Morgan fingerprint density at radius 1 is 1.03 bits per heavy atom. The molecule has 1 N–H and O–H groups in total. The lowest BCUT2D eigenvalue weighted by Gasteiger charge is -2.32. The van der Waals surface area contributed by atoms with Crippen LogP contribution in [0.3, 0.4) is 0 Å². The third-order valence-corrected chi connectivity index (χ3v) is 6.66. The maximum atomic E-state index is 13.2. The number of piperidine rings is 1. The van der Waals surface area contributed by atoms with Gasteiger partial charge in [0.05, 0.1) is 14.2 Å². The summed E-state index contributed by atoms with van der Waals surface area (Å²) in [6, 6.07) is 11.7. The number of nitrogens with zero attached hydrogens (tertiary/aromatic N) is 1. The van der Waals surface area contributed by atoms with E-state index in [1.165, 1.54) is 12.1 Å². The minimum atomic E-state index is -0.248. The van der Waals surface area contributed by atoms with E-state index in [4.69, 9.17) is 9.47 Å². The van der Waals surface area contributed by atoms with Crippen LogP contribution in [-0.2, 0) is 10.2 Å². The quantitative estimate of drug-likeness (QED) is 0.715. The smallest absolute Gasteiger partial charge is 0.254 e. The normalized spacial score (nSPS) is 17.5.